The van der Waals surface area contributed by atoms with Crippen molar-refractivity contribution in [3.63, 3.8) is 0 Å². The smallest absolute Gasteiger partial charge is 0.264 e. The Morgan fingerprint density at radius 3 is 2.92 bits per heavy atom. The second kappa shape index (κ2) is 3.77. The lowest BCUT2D eigenvalue weighted by Crippen LogP contribution is -2.04. The van der Waals surface area contributed by atoms with E-state index in [1.807, 2.05) is 0 Å². The van der Waals surface area contributed by atoms with Crippen LogP contribution in [0.1, 0.15) is 6.42 Å². The van der Waals surface area contributed by atoms with Gasteiger partial charge in [-0.2, -0.15) is 8.42 Å². The van der Waals surface area contributed by atoms with Crippen molar-refractivity contribution in [2.45, 2.75) is 6.42 Å². The quantitative estimate of drug-likeness (QED) is 0.598. The summed E-state index contributed by atoms with van der Waals surface area (Å²) in [5.74, 6) is 0.610. The first kappa shape index (κ1) is 9.34. The molecule has 70 valence electrons. The van der Waals surface area contributed by atoms with Crippen LogP contribution in [-0.4, -0.2) is 28.1 Å². The van der Waals surface area contributed by atoms with Gasteiger partial charge < -0.3 is 9.47 Å². The van der Waals surface area contributed by atoms with E-state index in [9.17, 15) is 8.42 Å². The van der Waals surface area contributed by atoms with E-state index < -0.39 is 10.1 Å². The van der Waals surface area contributed by atoms with Crippen molar-refractivity contribution in [2.75, 3.05) is 19.7 Å². The molecule has 12 heavy (non-hydrogen) atoms. The minimum Gasteiger partial charge on any atom is -0.462 e. The van der Waals surface area contributed by atoms with Gasteiger partial charge in [-0.15, -0.1) is 0 Å². The van der Waals surface area contributed by atoms with Gasteiger partial charge in [-0.05, 0) is 0 Å². The molecule has 0 unspecified atom stereocenters. The predicted molar refractivity (Wildman–Crippen MR) is 40.5 cm³/mol. The van der Waals surface area contributed by atoms with Crippen LogP contribution < -0.4 is 0 Å². The normalized spacial score (nSPS) is 16.6. The molecule has 0 amide bonds. The standard InChI is InChI=1S/C6H10O5S/c1-12(7,8)11-3-2-6-4-9-5-10-6/h4H,2-3,5H2,1H3. The Kier molecular flexibility index (Phi) is 2.93. The second-order valence-corrected chi connectivity index (χ2v) is 3.93. The Bertz CT molecular complexity index is 266. The highest BCUT2D eigenvalue weighted by Crippen LogP contribution is 2.10. The van der Waals surface area contributed by atoms with Gasteiger partial charge in [0, 0.05) is 6.42 Å². The van der Waals surface area contributed by atoms with Crippen LogP contribution in [-0.2, 0) is 23.8 Å². The van der Waals surface area contributed by atoms with E-state index in [0.717, 1.165) is 6.26 Å². The topological polar surface area (TPSA) is 61.8 Å². The Morgan fingerprint density at radius 2 is 2.42 bits per heavy atom. The van der Waals surface area contributed by atoms with Gasteiger partial charge >= 0.3 is 0 Å². The molecule has 0 radical (unpaired) electrons. The van der Waals surface area contributed by atoms with Crippen LogP contribution in [0.25, 0.3) is 0 Å². The van der Waals surface area contributed by atoms with Crippen molar-refractivity contribution in [3.8, 4) is 0 Å². The first-order chi connectivity index (χ1) is 5.58. The summed E-state index contributed by atoms with van der Waals surface area (Å²) in [6, 6.07) is 0. The molecule has 5 nitrogen and oxygen atoms in total. The summed E-state index contributed by atoms with van der Waals surface area (Å²) in [7, 11) is -3.34. The minimum absolute atomic E-state index is 0.0913. The van der Waals surface area contributed by atoms with Crippen molar-refractivity contribution >= 4 is 10.1 Å². The number of hydrogen-bond acceptors (Lipinski definition) is 5. The summed E-state index contributed by atoms with van der Waals surface area (Å²) in [5.41, 5.74) is 0. The molecule has 0 aliphatic carbocycles. The first-order valence-electron chi connectivity index (χ1n) is 3.36. The molecule has 0 saturated heterocycles. The number of ether oxygens (including phenoxy) is 2. The zero-order chi connectivity index (χ0) is 9.03. The van der Waals surface area contributed by atoms with Crippen molar-refractivity contribution in [1.29, 1.82) is 0 Å². The van der Waals surface area contributed by atoms with Crippen LogP contribution in [0.15, 0.2) is 12.0 Å². The predicted octanol–water partition coefficient (Wildman–Crippen LogP) is 0.198. The summed E-state index contributed by atoms with van der Waals surface area (Å²) in [6.07, 6.45) is 2.87. The van der Waals surface area contributed by atoms with Crippen LogP contribution in [0.4, 0.5) is 0 Å². The van der Waals surface area contributed by atoms with Crippen molar-refractivity contribution < 1.29 is 22.1 Å². The fourth-order valence-electron chi connectivity index (χ4n) is 0.695. The van der Waals surface area contributed by atoms with E-state index in [1.54, 1.807) is 0 Å². The Labute approximate surface area is 71.0 Å². The molecule has 0 aromatic heterocycles. The fourth-order valence-corrected chi connectivity index (χ4v) is 1.08. The molecule has 0 fully saturated rings. The van der Waals surface area contributed by atoms with Gasteiger partial charge in [-0.1, -0.05) is 0 Å². The summed E-state index contributed by atoms with van der Waals surface area (Å²) in [6.45, 7) is 0.294. The molecule has 0 atom stereocenters. The molecule has 0 bridgehead atoms. The molecule has 1 aliphatic rings. The van der Waals surface area contributed by atoms with Crippen LogP contribution in [0.5, 0.6) is 0 Å². The Hall–Kier alpha value is -0.750. The molecular weight excluding hydrogens is 184 g/mol. The molecule has 0 saturated carbocycles. The average Bonchev–Trinajstić information content (AvgIpc) is 2.36. The van der Waals surface area contributed by atoms with Crippen LogP contribution in [0, 0.1) is 0 Å². The Morgan fingerprint density at radius 1 is 1.67 bits per heavy atom. The van der Waals surface area contributed by atoms with Crippen molar-refractivity contribution in [2.24, 2.45) is 0 Å². The summed E-state index contributed by atoms with van der Waals surface area (Å²) in [5, 5.41) is 0. The van der Waals surface area contributed by atoms with E-state index in [0.29, 0.717) is 12.2 Å². The van der Waals surface area contributed by atoms with E-state index >= 15 is 0 Å². The highest BCUT2D eigenvalue weighted by Gasteiger charge is 2.08. The van der Waals surface area contributed by atoms with Gasteiger partial charge in [0.15, 0.2) is 0 Å². The molecule has 1 heterocycles. The van der Waals surface area contributed by atoms with Crippen LogP contribution in [0.2, 0.25) is 0 Å². The van der Waals surface area contributed by atoms with Gasteiger partial charge in [-0.25, -0.2) is 0 Å². The maximum absolute atomic E-state index is 10.5. The summed E-state index contributed by atoms with van der Waals surface area (Å²) >= 11 is 0. The SMILES string of the molecule is CS(=O)(=O)OCCC1=COCO1. The number of hydrogen-bond donors (Lipinski definition) is 0. The largest absolute Gasteiger partial charge is 0.462 e. The van der Waals surface area contributed by atoms with Gasteiger partial charge in [0.2, 0.25) is 6.79 Å². The zero-order valence-electron chi connectivity index (χ0n) is 6.65. The average molecular weight is 194 g/mol. The monoisotopic (exact) mass is 194 g/mol. The van der Waals surface area contributed by atoms with Crippen molar-refractivity contribution in [1.82, 2.24) is 0 Å². The van der Waals surface area contributed by atoms with E-state index in [4.69, 9.17) is 9.47 Å². The van der Waals surface area contributed by atoms with Crippen LogP contribution in [0.3, 0.4) is 0 Å². The summed E-state index contributed by atoms with van der Waals surface area (Å²) in [4.78, 5) is 0. The fraction of sp³-hybridized carbons (Fsp3) is 0.667. The first-order valence-corrected chi connectivity index (χ1v) is 5.17. The Balaban J connectivity index is 2.18. The molecular formula is C6H10O5S. The molecule has 6 heteroatoms. The van der Waals surface area contributed by atoms with E-state index in [1.165, 1.54) is 6.26 Å². The maximum atomic E-state index is 10.5. The summed E-state index contributed by atoms with van der Waals surface area (Å²) < 4.78 is 35.2. The number of rotatable bonds is 4. The van der Waals surface area contributed by atoms with E-state index in [-0.39, 0.29) is 13.4 Å². The maximum Gasteiger partial charge on any atom is 0.264 e. The molecule has 1 rings (SSSR count). The third-order valence-corrected chi connectivity index (χ3v) is 1.77. The highest BCUT2D eigenvalue weighted by molar-refractivity contribution is 7.85. The van der Waals surface area contributed by atoms with Gasteiger partial charge in [0.1, 0.15) is 12.0 Å². The minimum atomic E-state index is -3.34. The third-order valence-electron chi connectivity index (χ3n) is 1.17. The lowest BCUT2D eigenvalue weighted by atomic mass is 10.4. The molecule has 0 aromatic carbocycles. The molecule has 1 aliphatic heterocycles. The van der Waals surface area contributed by atoms with Gasteiger partial charge in [0.05, 0.1) is 12.9 Å². The lowest BCUT2D eigenvalue weighted by Gasteiger charge is -2.00. The van der Waals surface area contributed by atoms with Crippen molar-refractivity contribution in [3.05, 3.63) is 12.0 Å². The second-order valence-electron chi connectivity index (χ2n) is 2.29. The molecule has 0 spiro atoms. The van der Waals surface area contributed by atoms with E-state index in [2.05, 4.69) is 4.18 Å². The van der Waals surface area contributed by atoms with Crippen LogP contribution >= 0.6 is 0 Å². The lowest BCUT2D eigenvalue weighted by molar-refractivity contribution is 0.0760. The molecule has 0 aromatic rings. The molecule has 0 N–H and O–H groups in total. The van der Waals surface area contributed by atoms with Gasteiger partial charge in [-0.3, -0.25) is 4.18 Å². The van der Waals surface area contributed by atoms with Gasteiger partial charge in [0.25, 0.3) is 10.1 Å². The highest BCUT2D eigenvalue weighted by atomic mass is 32.2. The zero-order valence-corrected chi connectivity index (χ0v) is 7.46. The third kappa shape index (κ3) is 3.59.